The Kier molecular flexibility index (Phi) is 7.76. The van der Waals surface area contributed by atoms with Gasteiger partial charge in [-0.25, -0.2) is 0 Å². The standard InChI is InChI=1S/C21H27NO2.ClH/c1-2-16-8-4-6-13-21(16)24-15-18(23)14-22-20-12-7-10-17-9-3-5-11-19(17)20;/h3-6,8-9,11,13,18,20,22-23H,2,7,10,12,14-15H2,1H3;1H/p-1/t18-,20-;/m0./s1. The van der Waals surface area contributed by atoms with Crippen LogP contribution in [-0.4, -0.2) is 24.4 Å². The molecular weight excluding hydrogens is 334 g/mol. The molecule has 136 valence electrons. The van der Waals surface area contributed by atoms with Crippen molar-refractivity contribution in [2.45, 2.75) is 44.8 Å². The summed E-state index contributed by atoms with van der Waals surface area (Å²) >= 11 is 0. The van der Waals surface area contributed by atoms with Crippen LogP contribution in [0.3, 0.4) is 0 Å². The second-order valence-corrected chi connectivity index (χ2v) is 6.48. The SMILES string of the molecule is CCc1ccccc1OC[C@@H](O)CN[C@H]1CCCc2ccccc21.[Cl-]. The van der Waals surface area contributed by atoms with Gasteiger partial charge in [0.25, 0.3) is 0 Å². The number of aliphatic hydroxyl groups excluding tert-OH is 1. The Labute approximate surface area is 156 Å². The molecule has 1 aliphatic rings. The second-order valence-electron chi connectivity index (χ2n) is 6.48. The molecule has 2 aromatic carbocycles. The molecule has 3 nitrogen and oxygen atoms in total. The highest BCUT2D eigenvalue weighted by Gasteiger charge is 2.20. The number of para-hydroxylation sites is 1. The minimum Gasteiger partial charge on any atom is -1.00 e. The predicted molar refractivity (Wildman–Crippen MR) is 97.4 cm³/mol. The van der Waals surface area contributed by atoms with Crippen LogP contribution in [0.2, 0.25) is 0 Å². The van der Waals surface area contributed by atoms with Crippen molar-refractivity contribution in [3.8, 4) is 5.75 Å². The van der Waals surface area contributed by atoms with Crippen LogP contribution in [0.1, 0.15) is 42.5 Å². The van der Waals surface area contributed by atoms with Gasteiger partial charge in [0.05, 0.1) is 0 Å². The molecule has 2 aromatic rings. The molecule has 0 saturated heterocycles. The Morgan fingerprint density at radius 3 is 2.76 bits per heavy atom. The fourth-order valence-electron chi connectivity index (χ4n) is 3.43. The van der Waals surface area contributed by atoms with Crippen molar-refractivity contribution in [3.63, 3.8) is 0 Å². The van der Waals surface area contributed by atoms with E-state index in [0.717, 1.165) is 25.0 Å². The topological polar surface area (TPSA) is 41.5 Å². The molecule has 4 heteroatoms. The molecular formula is C21H27ClNO2-. The van der Waals surface area contributed by atoms with Crippen LogP contribution in [0.25, 0.3) is 0 Å². The van der Waals surface area contributed by atoms with Crippen LogP contribution in [-0.2, 0) is 12.8 Å². The van der Waals surface area contributed by atoms with Crippen molar-refractivity contribution in [1.82, 2.24) is 5.32 Å². The highest BCUT2D eigenvalue weighted by atomic mass is 35.5. The van der Waals surface area contributed by atoms with Gasteiger partial charge in [0.2, 0.25) is 0 Å². The molecule has 2 atom stereocenters. The zero-order valence-corrected chi connectivity index (χ0v) is 15.5. The van der Waals surface area contributed by atoms with Crippen molar-refractivity contribution in [2.75, 3.05) is 13.2 Å². The number of fused-ring (bicyclic) bond motifs is 1. The molecule has 0 saturated carbocycles. The highest BCUT2D eigenvalue weighted by molar-refractivity contribution is 5.33. The summed E-state index contributed by atoms with van der Waals surface area (Å²) in [6, 6.07) is 17.0. The third-order valence-electron chi connectivity index (χ3n) is 4.75. The lowest BCUT2D eigenvalue weighted by Crippen LogP contribution is -3.00. The summed E-state index contributed by atoms with van der Waals surface area (Å²) < 4.78 is 5.81. The van der Waals surface area contributed by atoms with Gasteiger partial charge in [0, 0.05) is 12.6 Å². The number of halogens is 1. The van der Waals surface area contributed by atoms with Gasteiger partial charge in [-0.3, -0.25) is 0 Å². The van der Waals surface area contributed by atoms with Crippen molar-refractivity contribution in [1.29, 1.82) is 0 Å². The van der Waals surface area contributed by atoms with Gasteiger partial charge in [-0.15, -0.1) is 0 Å². The average Bonchev–Trinajstić information content (AvgIpc) is 2.64. The van der Waals surface area contributed by atoms with Crippen molar-refractivity contribution >= 4 is 0 Å². The Balaban J connectivity index is 0.00000225. The molecule has 3 rings (SSSR count). The van der Waals surface area contributed by atoms with Crippen molar-refractivity contribution in [3.05, 3.63) is 65.2 Å². The zero-order chi connectivity index (χ0) is 16.8. The van der Waals surface area contributed by atoms with E-state index < -0.39 is 6.10 Å². The molecule has 0 fully saturated rings. The largest absolute Gasteiger partial charge is 1.00 e. The fraction of sp³-hybridized carbons (Fsp3) is 0.429. The number of aliphatic hydroxyl groups is 1. The molecule has 0 aliphatic heterocycles. The van der Waals surface area contributed by atoms with E-state index in [1.54, 1.807) is 0 Å². The summed E-state index contributed by atoms with van der Waals surface area (Å²) in [7, 11) is 0. The summed E-state index contributed by atoms with van der Waals surface area (Å²) in [6.45, 7) is 2.98. The molecule has 25 heavy (non-hydrogen) atoms. The Morgan fingerprint density at radius 1 is 1.16 bits per heavy atom. The van der Waals surface area contributed by atoms with E-state index in [2.05, 4.69) is 42.6 Å². The molecule has 0 radical (unpaired) electrons. The second kappa shape index (κ2) is 9.81. The number of aryl methyl sites for hydroxylation is 2. The smallest absolute Gasteiger partial charge is 0.122 e. The molecule has 2 N–H and O–H groups in total. The minimum atomic E-state index is -0.510. The van der Waals surface area contributed by atoms with Crippen LogP contribution < -0.4 is 22.5 Å². The summed E-state index contributed by atoms with van der Waals surface area (Å²) in [5, 5.41) is 13.8. The highest BCUT2D eigenvalue weighted by Crippen LogP contribution is 2.29. The van der Waals surface area contributed by atoms with E-state index in [1.165, 1.54) is 23.1 Å². The minimum absolute atomic E-state index is 0. The van der Waals surface area contributed by atoms with Gasteiger partial charge in [-0.2, -0.15) is 0 Å². The number of nitrogens with one attached hydrogen (secondary N) is 1. The molecule has 0 unspecified atom stereocenters. The first kappa shape index (κ1) is 19.8. The normalized spacial score (nSPS) is 17.3. The lowest BCUT2D eigenvalue weighted by molar-refractivity contribution is -0.00000672. The lowest BCUT2D eigenvalue weighted by atomic mass is 9.88. The molecule has 0 heterocycles. The van der Waals surface area contributed by atoms with Gasteiger partial charge < -0.3 is 27.6 Å². The van der Waals surface area contributed by atoms with Crippen LogP contribution in [0, 0.1) is 0 Å². The predicted octanol–water partition coefficient (Wildman–Crippen LogP) is 0.660. The zero-order valence-electron chi connectivity index (χ0n) is 14.7. The summed E-state index contributed by atoms with van der Waals surface area (Å²) in [5.41, 5.74) is 4.00. The number of hydrogen-bond donors (Lipinski definition) is 2. The first-order valence-electron chi connectivity index (χ1n) is 8.98. The first-order valence-corrected chi connectivity index (χ1v) is 8.98. The average molecular weight is 361 g/mol. The number of rotatable bonds is 7. The van der Waals surface area contributed by atoms with Crippen molar-refractivity contribution < 1.29 is 22.3 Å². The number of ether oxygens (including phenoxy) is 1. The van der Waals surface area contributed by atoms with E-state index in [9.17, 15) is 5.11 Å². The molecule has 0 amide bonds. The maximum Gasteiger partial charge on any atom is 0.122 e. The van der Waals surface area contributed by atoms with Crippen LogP contribution in [0.15, 0.2) is 48.5 Å². The fourth-order valence-corrected chi connectivity index (χ4v) is 3.43. The number of benzene rings is 2. The van der Waals surface area contributed by atoms with Crippen LogP contribution in [0.4, 0.5) is 0 Å². The van der Waals surface area contributed by atoms with Gasteiger partial charge in [0.15, 0.2) is 0 Å². The van der Waals surface area contributed by atoms with E-state index in [-0.39, 0.29) is 12.4 Å². The van der Waals surface area contributed by atoms with E-state index in [1.807, 2.05) is 18.2 Å². The van der Waals surface area contributed by atoms with Crippen LogP contribution >= 0.6 is 0 Å². The molecule has 1 aliphatic carbocycles. The molecule has 0 bridgehead atoms. The van der Waals surface area contributed by atoms with E-state index in [4.69, 9.17) is 4.74 Å². The first-order chi connectivity index (χ1) is 11.8. The molecule has 0 aromatic heterocycles. The third-order valence-corrected chi connectivity index (χ3v) is 4.75. The maximum atomic E-state index is 10.3. The summed E-state index contributed by atoms with van der Waals surface area (Å²) in [5.74, 6) is 0.877. The maximum absolute atomic E-state index is 10.3. The van der Waals surface area contributed by atoms with Crippen LogP contribution in [0.5, 0.6) is 5.75 Å². The van der Waals surface area contributed by atoms with Crippen molar-refractivity contribution in [2.24, 2.45) is 0 Å². The van der Waals surface area contributed by atoms with E-state index in [0.29, 0.717) is 19.2 Å². The Morgan fingerprint density at radius 2 is 1.92 bits per heavy atom. The number of hydrogen-bond acceptors (Lipinski definition) is 3. The Hall–Kier alpha value is -1.55. The van der Waals surface area contributed by atoms with Gasteiger partial charge in [0.1, 0.15) is 18.5 Å². The lowest BCUT2D eigenvalue weighted by Gasteiger charge is -2.27. The van der Waals surface area contributed by atoms with Gasteiger partial charge >= 0.3 is 0 Å². The molecule has 0 spiro atoms. The third kappa shape index (κ3) is 5.21. The monoisotopic (exact) mass is 360 g/mol. The van der Waals surface area contributed by atoms with Gasteiger partial charge in [-0.1, -0.05) is 49.4 Å². The summed E-state index contributed by atoms with van der Waals surface area (Å²) in [6.07, 6.45) is 3.91. The quantitative estimate of drug-likeness (QED) is 0.762. The van der Waals surface area contributed by atoms with E-state index >= 15 is 0 Å². The summed E-state index contributed by atoms with van der Waals surface area (Å²) in [4.78, 5) is 0. The van der Waals surface area contributed by atoms with Gasteiger partial charge in [-0.05, 0) is 48.4 Å². The Bertz CT molecular complexity index is 662.